The fourth-order valence-corrected chi connectivity index (χ4v) is 3.10. The molecule has 0 aromatic heterocycles. The molecule has 0 aromatic rings. The maximum Gasteiger partial charge on any atom is 0.253 e. The molecular weight excluding hydrogens is 296 g/mol. The molecule has 2 heterocycles. The molecule has 0 N–H and O–H groups in total. The number of carbonyl (C=O) groups is 4. The molecule has 0 bridgehead atoms. The van der Waals surface area contributed by atoms with Crippen molar-refractivity contribution in [3.8, 4) is 0 Å². The molecule has 0 spiro atoms. The molecule has 0 saturated carbocycles. The third-order valence-electron chi connectivity index (χ3n) is 4.21. The Morgan fingerprint density at radius 1 is 0.870 bits per heavy atom. The zero-order chi connectivity index (χ0) is 17.2. The van der Waals surface area contributed by atoms with Gasteiger partial charge in [-0.25, -0.2) is 0 Å². The van der Waals surface area contributed by atoms with E-state index in [1.165, 1.54) is 34.1 Å². The summed E-state index contributed by atoms with van der Waals surface area (Å²) in [6.45, 7) is 6.89. The third-order valence-corrected chi connectivity index (χ3v) is 4.21. The van der Waals surface area contributed by atoms with Gasteiger partial charge in [-0.3, -0.25) is 29.0 Å². The highest BCUT2D eigenvalue weighted by molar-refractivity contribution is 6.13. The highest BCUT2D eigenvalue weighted by Crippen LogP contribution is 2.30. The van der Waals surface area contributed by atoms with Gasteiger partial charge < -0.3 is 0 Å². The number of rotatable bonds is 7. The first-order chi connectivity index (χ1) is 10.7. The van der Waals surface area contributed by atoms with Crippen molar-refractivity contribution in [1.29, 1.82) is 0 Å². The molecule has 1 atom stereocenters. The van der Waals surface area contributed by atoms with Gasteiger partial charge in [-0.05, 0) is 24.2 Å². The first kappa shape index (κ1) is 17.1. The van der Waals surface area contributed by atoms with Crippen LogP contribution in [0.2, 0.25) is 0 Å². The Morgan fingerprint density at radius 3 is 1.78 bits per heavy atom. The molecule has 0 aliphatic carbocycles. The van der Waals surface area contributed by atoms with Crippen molar-refractivity contribution in [2.24, 2.45) is 11.3 Å². The normalized spacial score (nSPS) is 19.4. The predicted octanol–water partition coefficient (Wildman–Crippen LogP) is 1.28. The van der Waals surface area contributed by atoms with Crippen LogP contribution in [-0.2, 0) is 19.2 Å². The number of imide groups is 2. The lowest BCUT2D eigenvalue weighted by Gasteiger charge is -2.31. The van der Waals surface area contributed by atoms with Crippen LogP contribution in [0.5, 0.6) is 0 Å². The predicted molar refractivity (Wildman–Crippen MR) is 83.9 cm³/mol. The van der Waals surface area contributed by atoms with Crippen LogP contribution in [0.3, 0.4) is 0 Å². The quantitative estimate of drug-likeness (QED) is 0.663. The van der Waals surface area contributed by atoms with Crippen molar-refractivity contribution < 1.29 is 19.2 Å². The smallest absolute Gasteiger partial charge is 0.253 e. The molecule has 6 heteroatoms. The lowest BCUT2D eigenvalue weighted by Crippen LogP contribution is -2.36. The molecule has 0 aromatic carbocycles. The summed E-state index contributed by atoms with van der Waals surface area (Å²) in [5, 5.41) is 0. The Morgan fingerprint density at radius 2 is 1.30 bits per heavy atom. The SMILES string of the molecule is C[C@@H](CN1C(=O)C=CC1=O)CC(C)(C)CCN1C(=O)C=CC1=O. The highest BCUT2D eigenvalue weighted by atomic mass is 16.2. The van der Waals surface area contributed by atoms with E-state index in [0.717, 1.165) is 6.42 Å². The number of carbonyl (C=O) groups excluding carboxylic acids is 4. The fourth-order valence-electron chi connectivity index (χ4n) is 3.10. The minimum absolute atomic E-state index is 0.109. The highest BCUT2D eigenvalue weighted by Gasteiger charge is 2.30. The third kappa shape index (κ3) is 4.15. The zero-order valence-corrected chi connectivity index (χ0v) is 13.7. The van der Waals surface area contributed by atoms with Crippen LogP contribution in [0.4, 0.5) is 0 Å². The number of hydrogen-bond acceptors (Lipinski definition) is 4. The van der Waals surface area contributed by atoms with E-state index in [0.29, 0.717) is 19.5 Å². The molecule has 0 radical (unpaired) electrons. The van der Waals surface area contributed by atoms with Crippen molar-refractivity contribution in [3.63, 3.8) is 0 Å². The fraction of sp³-hybridized carbons (Fsp3) is 0.529. The number of hydrogen-bond donors (Lipinski definition) is 0. The van der Waals surface area contributed by atoms with Gasteiger partial charge >= 0.3 is 0 Å². The Hall–Kier alpha value is -2.24. The number of amides is 4. The summed E-state index contributed by atoms with van der Waals surface area (Å²) in [6.07, 6.45) is 6.62. The molecule has 23 heavy (non-hydrogen) atoms. The molecule has 2 rings (SSSR count). The summed E-state index contributed by atoms with van der Waals surface area (Å²) in [6, 6.07) is 0. The van der Waals surface area contributed by atoms with Crippen molar-refractivity contribution >= 4 is 23.6 Å². The van der Waals surface area contributed by atoms with Gasteiger partial charge in [-0.15, -0.1) is 0 Å². The minimum atomic E-state index is -0.266. The van der Waals surface area contributed by atoms with E-state index in [1.54, 1.807) is 0 Å². The second-order valence-corrected chi connectivity index (χ2v) is 7.01. The van der Waals surface area contributed by atoms with Gasteiger partial charge in [0.25, 0.3) is 23.6 Å². The monoisotopic (exact) mass is 318 g/mol. The minimum Gasteiger partial charge on any atom is -0.275 e. The Labute approximate surface area is 135 Å². The van der Waals surface area contributed by atoms with Gasteiger partial charge in [-0.2, -0.15) is 0 Å². The molecule has 6 nitrogen and oxygen atoms in total. The Balaban J connectivity index is 1.83. The van der Waals surface area contributed by atoms with Crippen molar-refractivity contribution in [1.82, 2.24) is 9.80 Å². The van der Waals surface area contributed by atoms with Crippen LogP contribution < -0.4 is 0 Å². The van der Waals surface area contributed by atoms with Crippen molar-refractivity contribution in [2.45, 2.75) is 33.6 Å². The van der Waals surface area contributed by atoms with Gasteiger partial charge in [0.2, 0.25) is 0 Å². The van der Waals surface area contributed by atoms with Crippen molar-refractivity contribution in [2.75, 3.05) is 13.1 Å². The maximum atomic E-state index is 11.6. The largest absolute Gasteiger partial charge is 0.275 e. The van der Waals surface area contributed by atoms with E-state index >= 15 is 0 Å². The number of nitrogens with zero attached hydrogens (tertiary/aromatic N) is 2. The van der Waals surface area contributed by atoms with Crippen LogP contribution in [-0.4, -0.2) is 46.5 Å². The van der Waals surface area contributed by atoms with Crippen LogP contribution >= 0.6 is 0 Å². The summed E-state index contributed by atoms with van der Waals surface area (Å²) < 4.78 is 0. The lowest BCUT2D eigenvalue weighted by molar-refractivity contribution is -0.139. The molecule has 124 valence electrons. The second kappa shape index (κ2) is 6.48. The lowest BCUT2D eigenvalue weighted by atomic mass is 9.80. The maximum absolute atomic E-state index is 11.6. The van der Waals surface area contributed by atoms with Gasteiger partial charge in [0.15, 0.2) is 0 Å². The molecule has 2 aliphatic rings. The topological polar surface area (TPSA) is 74.8 Å². The van der Waals surface area contributed by atoms with E-state index in [-0.39, 0.29) is 35.0 Å². The van der Waals surface area contributed by atoms with Crippen LogP contribution in [0.15, 0.2) is 24.3 Å². The summed E-state index contributed by atoms with van der Waals surface area (Å²) in [5.74, 6) is -0.921. The first-order valence-electron chi connectivity index (χ1n) is 7.77. The summed E-state index contributed by atoms with van der Waals surface area (Å²) >= 11 is 0. The Kier molecular flexibility index (Phi) is 4.82. The molecule has 0 fully saturated rings. The van der Waals surface area contributed by atoms with Gasteiger partial charge in [0, 0.05) is 37.4 Å². The first-order valence-corrected chi connectivity index (χ1v) is 7.77. The van der Waals surface area contributed by atoms with E-state index in [1.807, 2.05) is 6.92 Å². The molecule has 0 saturated heterocycles. The standard InChI is InChI=1S/C17H22N2O4/c1-12(11-19-15(22)6-7-16(19)23)10-17(2,3)8-9-18-13(20)4-5-14(18)21/h4-7,12H,8-11H2,1-3H3/t12-/m1/s1. The van der Waals surface area contributed by atoms with E-state index in [4.69, 9.17) is 0 Å². The second-order valence-electron chi connectivity index (χ2n) is 7.01. The van der Waals surface area contributed by atoms with Crippen LogP contribution in [0.1, 0.15) is 33.6 Å². The van der Waals surface area contributed by atoms with Gasteiger partial charge in [0.1, 0.15) is 0 Å². The molecule has 2 aliphatic heterocycles. The zero-order valence-electron chi connectivity index (χ0n) is 13.7. The summed E-state index contributed by atoms with van der Waals surface area (Å²) in [4.78, 5) is 48.8. The molecule has 0 unspecified atom stereocenters. The van der Waals surface area contributed by atoms with Crippen LogP contribution in [0, 0.1) is 11.3 Å². The van der Waals surface area contributed by atoms with Gasteiger partial charge in [0.05, 0.1) is 0 Å². The van der Waals surface area contributed by atoms with Crippen molar-refractivity contribution in [3.05, 3.63) is 24.3 Å². The summed E-state index contributed by atoms with van der Waals surface area (Å²) in [7, 11) is 0. The van der Waals surface area contributed by atoms with E-state index in [2.05, 4.69) is 13.8 Å². The molecule has 4 amide bonds. The molecular formula is C17H22N2O4. The summed E-state index contributed by atoms with van der Waals surface area (Å²) in [5.41, 5.74) is -0.109. The van der Waals surface area contributed by atoms with Crippen LogP contribution in [0.25, 0.3) is 0 Å². The Bertz CT molecular complexity index is 568. The van der Waals surface area contributed by atoms with Gasteiger partial charge in [-0.1, -0.05) is 20.8 Å². The average Bonchev–Trinajstić information content (AvgIpc) is 2.93. The van der Waals surface area contributed by atoms with E-state index in [9.17, 15) is 19.2 Å². The van der Waals surface area contributed by atoms with E-state index < -0.39 is 0 Å². The average molecular weight is 318 g/mol.